The Kier molecular flexibility index (Phi) is 7.76. The van der Waals surface area contributed by atoms with Gasteiger partial charge in [0.25, 0.3) is 0 Å². The highest BCUT2D eigenvalue weighted by Gasteiger charge is 2.10. The average molecular weight is 446 g/mol. The van der Waals surface area contributed by atoms with E-state index in [1.54, 1.807) is 12.1 Å². The van der Waals surface area contributed by atoms with Crippen molar-refractivity contribution in [3.05, 3.63) is 93.5 Å². The molecule has 0 aliphatic heterocycles. The van der Waals surface area contributed by atoms with Gasteiger partial charge in [0.15, 0.2) is 11.5 Å². The lowest BCUT2D eigenvalue weighted by Gasteiger charge is -2.15. The molecule has 0 saturated heterocycles. The van der Waals surface area contributed by atoms with E-state index in [0.717, 1.165) is 11.1 Å². The lowest BCUT2D eigenvalue weighted by Crippen LogP contribution is -2.21. The smallest absolute Gasteiger partial charge is 0.161 e. The molecule has 0 bridgehead atoms. The number of halogens is 2. The summed E-state index contributed by atoms with van der Waals surface area (Å²) >= 11 is 17.6. The molecular weight excluding hydrogens is 425 g/mol. The number of benzene rings is 3. The molecule has 0 heterocycles. The molecule has 0 amide bonds. The van der Waals surface area contributed by atoms with Crippen LogP contribution in [0.2, 0.25) is 10.0 Å². The summed E-state index contributed by atoms with van der Waals surface area (Å²) in [7, 11) is 0. The Hall–Kier alpha value is -2.27. The van der Waals surface area contributed by atoms with Gasteiger partial charge in [0.2, 0.25) is 0 Å². The van der Waals surface area contributed by atoms with Crippen LogP contribution in [0.15, 0.2) is 66.7 Å². The number of rotatable bonds is 8. The molecule has 3 nitrogen and oxygen atoms in total. The van der Waals surface area contributed by atoms with E-state index in [0.29, 0.717) is 46.3 Å². The Bertz CT molecular complexity index is 980. The van der Waals surface area contributed by atoms with Crippen molar-refractivity contribution >= 4 is 40.4 Å². The van der Waals surface area contributed by atoms with Gasteiger partial charge in [-0.15, -0.1) is 0 Å². The first-order valence-electron chi connectivity index (χ1n) is 9.22. The molecule has 0 unspecified atom stereocenters. The molecular formula is C23H21Cl2NO2S. The van der Waals surface area contributed by atoms with E-state index in [2.05, 4.69) is 17.4 Å². The Morgan fingerprint density at radius 1 is 0.862 bits per heavy atom. The van der Waals surface area contributed by atoms with Gasteiger partial charge in [-0.25, -0.2) is 0 Å². The summed E-state index contributed by atoms with van der Waals surface area (Å²) in [5, 5.41) is 4.30. The van der Waals surface area contributed by atoms with Crippen LogP contribution in [0.4, 0.5) is 0 Å². The molecule has 0 atom stereocenters. The van der Waals surface area contributed by atoms with E-state index in [4.69, 9.17) is 44.9 Å². The zero-order valence-electron chi connectivity index (χ0n) is 16.0. The van der Waals surface area contributed by atoms with E-state index < -0.39 is 0 Å². The molecule has 1 N–H and O–H groups in total. The number of thiocarbonyl (C=S) groups is 1. The van der Waals surface area contributed by atoms with Crippen LogP contribution in [0.5, 0.6) is 11.5 Å². The summed E-state index contributed by atoms with van der Waals surface area (Å²) in [6.45, 7) is 3.48. The van der Waals surface area contributed by atoms with Crippen LogP contribution in [0.1, 0.15) is 23.6 Å². The minimum atomic E-state index is 0.354. The van der Waals surface area contributed by atoms with Gasteiger partial charge < -0.3 is 14.8 Å². The van der Waals surface area contributed by atoms with Gasteiger partial charge in [-0.05, 0) is 48.4 Å². The van der Waals surface area contributed by atoms with Crippen LogP contribution in [0, 0.1) is 0 Å². The van der Waals surface area contributed by atoms with E-state index in [1.807, 2.05) is 49.4 Å². The second-order valence-corrected chi connectivity index (χ2v) is 7.52. The highest BCUT2D eigenvalue weighted by atomic mass is 35.5. The van der Waals surface area contributed by atoms with Crippen LogP contribution < -0.4 is 14.8 Å². The highest BCUT2D eigenvalue weighted by Crippen LogP contribution is 2.30. The Labute approximate surface area is 186 Å². The lowest BCUT2D eigenvalue weighted by molar-refractivity contribution is 0.269. The minimum absolute atomic E-state index is 0.354. The molecule has 150 valence electrons. The monoisotopic (exact) mass is 445 g/mol. The van der Waals surface area contributed by atoms with Crippen molar-refractivity contribution in [2.75, 3.05) is 6.61 Å². The predicted octanol–water partition coefficient (Wildman–Crippen LogP) is 6.44. The summed E-state index contributed by atoms with van der Waals surface area (Å²) in [6, 6.07) is 21.2. The summed E-state index contributed by atoms with van der Waals surface area (Å²) in [4.78, 5) is 0.658. The zero-order chi connectivity index (χ0) is 20.6. The highest BCUT2D eigenvalue weighted by molar-refractivity contribution is 7.80. The standard InChI is InChI=1S/C23H21Cl2NO2S/c1-2-27-22-13-18(23(29)26-14-16-6-4-3-5-7-16)9-11-21(22)28-15-17-8-10-19(24)20(25)12-17/h3-13H,2,14-15H2,1H3,(H,26,29). The predicted molar refractivity (Wildman–Crippen MR) is 123 cm³/mol. The summed E-state index contributed by atoms with van der Waals surface area (Å²) < 4.78 is 11.7. The third-order valence-electron chi connectivity index (χ3n) is 4.18. The van der Waals surface area contributed by atoms with Gasteiger partial charge in [-0.3, -0.25) is 0 Å². The quantitative estimate of drug-likeness (QED) is 0.404. The third kappa shape index (κ3) is 6.10. The zero-order valence-corrected chi connectivity index (χ0v) is 18.3. The first-order valence-corrected chi connectivity index (χ1v) is 10.4. The van der Waals surface area contributed by atoms with Gasteiger partial charge in [0.1, 0.15) is 11.6 Å². The maximum Gasteiger partial charge on any atom is 0.161 e. The number of ether oxygens (including phenoxy) is 2. The molecule has 0 aromatic heterocycles. The molecule has 0 aliphatic carbocycles. The van der Waals surface area contributed by atoms with Crippen LogP contribution in [0.3, 0.4) is 0 Å². The third-order valence-corrected chi connectivity index (χ3v) is 5.30. The van der Waals surface area contributed by atoms with E-state index in [9.17, 15) is 0 Å². The van der Waals surface area contributed by atoms with E-state index in [-0.39, 0.29) is 0 Å². The fraction of sp³-hybridized carbons (Fsp3) is 0.174. The topological polar surface area (TPSA) is 30.5 Å². The largest absolute Gasteiger partial charge is 0.490 e. The Balaban J connectivity index is 1.68. The summed E-state index contributed by atoms with van der Waals surface area (Å²) in [5.74, 6) is 1.29. The second-order valence-electron chi connectivity index (χ2n) is 6.30. The molecule has 0 saturated carbocycles. The van der Waals surface area contributed by atoms with Gasteiger partial charge in [0, 0.05) is 12.1 Å². The SMILES string of the molecule is CCOc1cc(C(=S)NCc2ccccc2)ccc1OCc1ccc(Cl)c(Cl)c1. The van der Waals surface area contributed by atoms with Crippen LogP contribution >= 0.6 is 35.4 Å². The van der Waals surface area contributed by atoms with Crippen LogP contribution in [0.25, 0.3) is 0 Å². The lowest BCUT2D eigenvalue weighted by atomic mass is 10.1. The first-order chi connectivity index (χ1) is 14.1. The summed E-state index contributed by atoms with van der Waals surface area (Å²) in [6.07, 6.45) is 0. The van der Waals surface area contributed by atoms with Crippen molar-refractivity contribution < 1.29 is 9.47 Å². The molecule has 0 radical (unpaired) electrons. The molecule has 29 heavy (non-hydrogen) atoms. The van der Waals surface area contributed by atoms with Crippen molar-refractivity contribution in [3.8, 4) is 11.5 Å². The fourth-order valence-corrected chi connectivity index (χ4v) is 3.23. The average Bonchev–Trinajstić information content (AvgIpc) is 2.74. The van der Waals surface area contributed by atoms with Gasteiger partial charge in [-0.1, -0.05) is 71.8 Å². The van der Waals surface area contributed by atoms with Crippen molar-refractivity contribution in [3.63, 3.8) is 0 Å². The van der Waals surface area contributed by atoms with Gasteiger partial charge in [0.05, 0.1) is 16.7 Å². The van der Waals surface area contributed by atoms with Crippen molar-refractivity contribution in [2.24, 2.45) is 0 Å². The van der Waals surface area contributed by atoms with Gasteiger partial charge in [-0.2, -0.15) is 0 Å². The maximum absolute atomic E-state index is 6.07. The van der Waals surface area contributed by atoms with E-state index in [1.165, 1.54) is 5.56 Å². The van der Waals surface area contributed by atoms with Gasteiger partial charge >= 0.3 is 0 Å². The van der Waals surface area contributed by atoms with Crippen molar-refractivity contribution in [2.45, 2.75) is 20.1 Å². The maximum atomic E-state index is 6.07. The number of nitrogens with one attached hydrogen (secondary N) is 1. The normalized spacial score (nSPS) is 10.4. The summed E-state index contributed by atoms with van der Waals surface area (Å²) in [5.41, 5.74) is 2.97. The molecule has 6 heteroatoms. The molecule has 0 spiro atoms. The molecule has 3 aromatic carbocycles. The molecule has 3 aromatic rings. The van der Waals surface area contributed by atoms with Crippen LogP contribution in [-0.4, -0.2) is 11.6 Å². The molecule has 3 rings (SSSR count). The van der Waals surface area contributed by atoms with Crippen molar-refractivity contribution in [1.82, 2.24) is 5.32 Å². The van der Waals surface area contributed by atoms with Crippen molar-refractivity contribution in [1.29, 1.82) is 0 Å². The number of hydrogen-bond donors (Lipinski definition) is 1. The number of hydrogen-bond acceptors (Lipinski definition) is 3. The Morgan fingerprint density at radius 3 is 2.38 bits per heavy atom. The van der Waals surface area contributed by atoms with Crippen LogP contribution in [-0.2, 0) is 13.2 Å². The van der Waals surface area contributed by atoms with E-state index >= 15 is 0 Å². The Morgan fingerprint density at radius 2 is 1.66 bits per heavy atom. The fourth-order valence-electron chi connectivity index (χ4n) is 2.71. The first kappa shape index (κ1) is 21.4. The minimum Gasteiger partial charge on any atom is -0.490 e. The molecule has 0 aliphatic rings. The molecule has 0 fully saturated rings. The second kappa shape index (κ2) is 10.5.